The Morgan fingerprint density at radius 1 is 1.00 bits per heavy atom. The lowest BCUT2D eigenvalue weighted by atomic mass is 9.95. The molecule has 2 heterocycles. The lowest BCUT2D eigenvalue weighted by Crippen LogP contribution is -2.67. The smallest absolute Gasteiger partial charge is 0.350 e. The number of Topliss-reactive ketones (excluding diaryl/α,β-unsaturated/α-hetero) is 1. The fourth-order valence-electron chi connectivity index (χ4n) is 4.29. The van der Waals surface area contributed by atoms with E-state index in [4.69, 9.17) is 13.6 Å². The molecule has 0 bridgehead atoms. The number of carbonyl (C=O) groups is 1. The molecule has 138 valence electrons. The van der Waals surface area contributed by atoms with Crippen LogP contribution in [0.3, 0.4) is 0 Å². The minimum atomic E-state index is -2.64. The molecule has 2 fully saturated rings. The molecule has 0 unspecified atom stereocenters. The number of benzene rings is 1. The number of ketones is 1. The Balaban J connectivity index is 1.85. The first-order valence-electron chi connectivity index (χ1n) is 9.10. The van der Waals surface area contributed by atoms with Crippen LogP contribution in [0.25, 0.3) is 0 Å². The van der Waals surface area contributed by atoms with Crippen LogP contribution in [0.15, 0.2) is 30.3 Å². The molecule has 0 radical (unpaired) electrons. The van der Waals surface area contributed by atoms with Gasteiger partial charge < -0.3 is 13.6 Å². The van der Waals surface area contributed by atoms with Crippen molar-refractivity contribution in [3.8, 4) is 0 Å². The van der Waals surface area contributed by atoms with E-state index in [1.54, 1.807) is 0 Å². The first-order valence-corrected chi connectivity index (χ1v) is 10.9. The third-order valence-corrected chi connectivity index (χ3v) is 10.4. The van der Waals surface area contributed by atoms with E-state index in [0.29, 0.717) is 13.0 Å². The molecule has 2 aliphatic rings. The number of fused-ring (bicyclic) bond motifs is 1. The first kappa shape index (κ1) is 18.8. The van der Waals surface area contributed by atoms with Crippen LogP contribution in [0, 0.1) is 0 Å². The van der Waals surface area contributed by atoms with Crippen LogP contribution < -0.4 is 0 Å². The molecule has 25 heavy (non-hydrogen) atoms. The van der Waals surface area contributed by atoms with E-state index in [9.17, 15) is 4.79 Å². The molecule has 1 aromatic carbocycles. The zero-order valence-electron chi connectivity index (χ0n) is 16.2. The molecular formula is C20H30O4Si. The number of rotatable bonds is 1. The molecule has 3 atom stereocenters. The summed E-state index contributed by atoms with van der Waals surface area (Å²) in [5.41, 5.74) is 1.04. The van der Waals surface area contributed by atoms with Gasteiger partial charge in [-0.15, -0.1) is 0 Å². The lowest BCUT2D eigenvalue weighted by Gasteiger charge is -2.55. The monoisotopic (exact) mass is 362 g/mol. The highest BCUT2D eigenvalue weighted by Crippen LogP contribution is 2.55. The Morgan fingerprint density at radius 3 is 2.16 bits per heavy atom. The van der Waals surface area contributed by atoms with Gasteiger partial charge in [0.05, 0.1) is 12.7 Å². The van der Waals surface area contributed by atoms with Gasteiger partial charge in [-0.1, -0.05) is 71.9 Å². The third-order valence-electron chi connectivity index (χ3n) is 5.27. The van der Waals surface area contributed by atoms with Crippen molar-refractivity contribution in [1.29, 1.82) is 0 Å². The molecular weight excluding hydrogens is 332 g/mol. The van der Waals surface area contributed by atoms with Crippen molar-refractivity contribution in [3.63, 3.8) is 0 Å². The quantitative estimate of drug-likeness (QED) is 0.688. The van der Waals surface area contributed by atoms with Gasteiger partial charge in [-0.2, -0.15) is 0 Å². The second kappa shape index (κ2) is 6.30. The van der Waals surface area contributed by atoms with E-state index in [1.165, 1.54) is 0 Å². The summed E-state index contributed by atoms with van der Waals surface area (Å²) in [6.07, 6.45) is -0.666. The number of carbonyl (C=O) groups excluding carboxylic acids is 1. The van der Waals surface area contributed by atoms with Gasteiger partial charge in [0.2, 0.25) is 0 Å². The number of hydrogen-bond donors (Lipinski definition) is 0. The van der Waals surface area contributed by atoms with E-state index < -0.39 is 14.7 Å². The highest BCUT2D eigenvalue weighted by atomic mass is 28.4. The summed E-state index contributed by atoms with van der Waals surface area (Å²) < 4.78 is 19.2. The van der Waals surface area contributed by atoms with Crippen molar-refractivity contribution < 1.29 is 18.4 Å². The van der Waals surface area contributed by atoms with Gasteiger partial charge in [0, 0.05) is 16.5 Å². The van der Waals surface area contributed by atoms with E-state index in [0.717, 1.165) is 5.56 Å². The molecule has 2 saturated heterocycles. The SMILES string of the molecule is CC(C)(C)[Si]1(C(C)(C)C)OC[C@H]2O[C@@H](c3ccccc3)CC(=O)[C@@H]2O1. The van der Waals surface area contributed by atoms with Gasteiger partial charge in [-0.3, -0.25) is 4.79 Å². The van der Waals surface area contributed by atoms with Gasteiger partial charge >= 0.3 is 8.56 Å². The van der Waals surface area contributed by atoms with Gasteiger partial charge in [0.1, 0.15) is 12.2 Å². The molecule has 0 saturated carbocycles. The third kappa shape index (κ3) is 3.23. The molecule has 3 rings (SSSR count). The van der Waals surface area contributed by atoms with Crippen LogP contribution in [-0.4, -0.2) is 33.2 Å². The van der Waals surface area contributed by atoms with Crippen molar-refractivity contribution in [2.24, 2.45) is 0 Å². The van der Waals surface area contributed by atoms with Crippen LogP contribution in [0.4, 0.5) is 0 Å². The fourth-order valence-corrected chi connectivity index (χ4v) is 9.22. The Labute approximate surface area is 152 Å². The molecule has 2 aliphatic heterocycles. The summed E-state index contributed by atoms with van der Waals surface area (Å²) >= 11 is 0. The molecule has 0 aliphatic carbocycles. The van der Waals surface area contributed by atoms with Crippen molar-refractivity contribution >= 4 is 14.3 Å². The molecule has 4 nitrogen and oxygen atoms in total. The molecule has 0 spiro atoms. The topological polar surface area (TPSA) is 44.8 Å². The Kier molecular flexibility index (Phi) is 4.73. The zero-order chi connectivity index (χ0) is 18.5. The molecule has 0 N–H and O–H groups in total. The van der Waals surface area contributed by atoms with E-state index in [1.807, 2.05) is 30.3 Å². The van der Waals surface area contributed by atoms with Crippen LogP contribution >= 0.6 is 0 Å². The maximum absolute atomic E-state index is 12.9. The predicted molar refractivity (Wildman–Crippen MR) is 99.7 cm³/mol. The average molecular weight is 363 g/mol. The first-order chi connectivity index (χ1) is 11.6. The Morgan fingerprint density at radius 2 is 1.60 bits per heavy atom. The summed E-state index contributed by atoms with van der Waals surface area (Å²) in [5.74, 6) is 0.138. The summed E-state index contributed by atoms with van der Waals surface area (Å²) in [5, 5.41) is -0.264. The van der Waals surface area contributed by atoms with Gasteiger partial charge in [0.15, 0.2) is 5.78 Å². The highest BCUT2D eigenvalue weighted by Gasteiger charge is 2.63. The number of hydrogen-bond acceptors (Lipinski definition) is 4. The van der Waals surface area contributed by atoms with Crippen LogP contribution in [0.5, 0.6) is 0 Å². The summed E-state index contributed by atoms with van der Waals surface area (Å²) in [4.78, 5) is 12.9. The van der Waals surface area contributed by atoms with Crippen molar-refractivity contribution in [3.05, 3.63) is 35.9 Å². The minimum absolute atomic E-state index is 0.132. The second-order valence-electron chi connectivity index (χ2n) is 9.21. The minimum Gasteiger partial charge on any atom is -0.391 e. The summed E-state index contributed by atoms with van der Waals surface area (Å²) in [6.45, 7) is 13.4. The van der Waals surface area contributed by atoms with Crippen LogP contribution in [0.1, 0.15) is 59.6 Å². The standard InChI is InChI=1S/C20H30O4Si/c1-19(2,3)25(20(4,5)6)22-13-17-18(24-25)15(21)12-16(23-17)14-10-8-7-9-11-14/h7-11,16-18H,12-13H2,1-6H3/t16-,17-,18+/m1/s1. The van der Waals surface area contributed by atoms with E-state index >= 15 is 0 Å². The van der Waals surface area contributed by atoms with E-state index in [2.05, 4.69) is 41.5 Å². The second-order valence-corrected chi connectivity index (χ2v) is 14.0. The molecule has 0 amide bonds. The van der Waals surface area contributed by atoms with E-state index in [-0.39, 0.29) is 28.1 Å². The summed E-state index contributed by atoms with van der Waals surface area (Å²) in [6, 6.07) is 9.93. The van der Waals surface area contributed by atoms with Gasteiger partial charge in [0.25, 0.3) is 0 Å². The van der Waals surface area contributed by atoms with Crippen molar-refractivity contribution in [1.82, 2.24) is 0 Å². The Bertz CT molecular complexity index is 615. The maximum atomic E-state index is 12.9. The largest absolute Gasteiger partial charge is 0.391 e. The molecule has 0 aromatic heterocycles. The molecule has 1 aromatic rings. The highest BCUT2D eigenvalue weighted by molar-refractivity contribution is 6.73. The molecule has 5 heteroatoms. The van der Waals surface area contributed by atoms with Gasteiger partial charge in [-0.25, -0.2) is 0 Å². The number of ether oxygens (including phenoxy) is 1. The Hall–Kier alpha value is -1.01. The van der Waals surface area contributed by atoms with Crippen LogP contribution in [0.2, 0.25) is 10.1 Å². The van der Waals surface area contributed by atoms with Gasteiger partial charge in [-0.05, 0) is 5.56 Å². The summed E-state index contributed by atoms with van der Waals surface area (Å²) in [7, 11) is -2.64. The maximum Gasteiger partial charge on any atom is 0.350 e. The predicted octanol–water partition coefficient (Wildman–Crippen LogP) is 4.54. The van der Waals surface area contributed by atoms with Crippen LogP contribution in [-0.2, 0) is 18.4 Å². The van der Waals surface area contributed by atoms with Crippen molar-refractivity contribution in [2.75, 3.05) is 6.61 Å². The normalized spacial score (nSPS) is 30.0. The average Bonchev–Trinajstić information content (AvgIpc) is 2.53. The van der Waals surface area contributed by atoms with Crippen molar-refractivity contribution in [2.45, 2.75) is 76.4 Å². The zero-order valence-corrected chi connectivity index (χ0v) is 17.2. The fraction of sp³-hybridized carbons (Fsp3) is 0.650. The lowest BCUT2D eigenvalue weighted by molar-refractivity contribution is -0.177.